The third-order valence-electron chi connectivity index (χ3n) is 4.34. The van der Waals surface area contributed by atoms with E-state index in [0.29, 0.717) is 16.2 Å². The zero-order chi connectivity index (χ0) is 10.3. The van der Waals surface area contributed by atoms with E-state index >= 15 is 0 Å². The van der Waals surface area contributed by atoms with E-state index in [1.807, 2.05) is 0 Å². The van der Waals surface area contributed by atoms with Gasteiger partial charge in [0.2, 0.25) is 5.28 Å². The normalized spacial score (nSPS) is 43.7. The highest BCUT2D eigenvalue weighted by molar-refractivity contribution is 9.10. The van der Waals surface area contributed by atoms with E-state index in [9.17, 15) is 0 Å². The van der Waals surface area contributed by atoms with Crippen molar-refractivity contribution in [2.45, 2.75) is 24.8 Å². The summed E-state index contributed by atoms with van der Waals surface area (Å²) in [5, 5.41) is 3.84. The molecule has 3 unspecified atom stereocenters. The molecule has 1 N–H and O–H groups in total. The van der Waals surface area contributed by atoms with Crippen LogP contribution in [0.1, 0.15) is 19.3 Å². The first-order valence-corrected chi connectivity index (χ1v) is 6.29. The summed E-state index contributed by atoms with van der Waals surface area (Å²) in [6.07, 6.45) is 5.74. The molecule has 3 saturated carbocycles. The maximum atomic E-state index is 5.78. The highest BCUT2D eigenvalue weighted by Crippen LogP contribution is 2.89. The predicted octanol–water partition coefficient (Wildman–Crippen LogP) is 2.86. The van der Waals surface area contributed by atoms with Crippen LogP contribution in [0.4, 0.5) is 5.82 Å². The van der Waals surface area contributed by atoms with Crippen LogP contribution in [0.3, 0.4) is 0 Å². The van der Waals surface area contributed by atoms with Gasteiger partial charge in [0.25, 0.3) is 0 Å². The molecule has 3 aliphatic rings. The van der Waals surface area contributed by atoms with Crippen LogP contribution >= 0.6 is 27.5 Å². The summed E-state index contributed by atoms with van der Waals surface area (Å²) in [6.45, 7) is 0. The number of aromatic nitrogens is 2. The zero-order valence-corrected chi connectivity index (χ0v) is 10.3. The van der Waals surface area contributed by atoms with Crippen LogP contribution in [-0.2, 0) is 0 Å². The molecule has 78 valence electrons. The van der Waals surface area contributed by atoms with E-state index in [4.69, 9.17) is 11.6 Å². The summed E-state index contributed by atoms with van der Waals surface area (Å²) < 4.78 is 0.896. The second-order valence-corrected chi connectivity index (χ2v) is 6.17. The molecule has 3 atom stereocenters. The van der Waals surface area contributed by atoms with Crippen molar-refractivity contribution in [1.29, 1.82) is 0 Å². The largest absolute Gasteiger partial charge is 0.363 e. The minimum Gasteiger partial charge on any atom is -0.363 e. The molecule has 3 nitrogen and oxygen atoms in total. The molecule has 1 aromatic rings. The lowest BCUT2D eigenvalue weighted by atomic mass is 9.93. The molecule has 3 aliphatic carbocycles. The summed E-state index contributed by atoms with van der Waals surface area (Å²) >= 11 is 9.22. The molecule has 5 heteroatoms. The molecule has 1 heterocycles. The average Bonchev–Trinajstić information content (AvgIpc) is 2.96. The Morgan fingerprint density at radius 3 is 3.00 bits per heavy atom. The van der Waals surface area contributed by atoms with Crippen LogP contribution in [-0.4, -0.2) is 15.5 Å². The molecule has 0 bridgehead atoms. The fourth-order valence-corrected chi connectivity index (χ4v) is 3.81. The molecule has 0 saturated heterocycles. The molecule has 15 heavy (non-hydrogen) atoms. The van der Waals surface area contributed by atoms with Gasteiger partial charge in [-0.15, -0.1) is 0 Å². The Kier molecular flexibility index (Phi) is 1.36. The molecule has 0 aliphatic heterocycles. The maximum Gasteiger partial charge on any atom is 0.224 e. The summed E-state index contributed by atoms with van der Waals surface area (Å²) in [6, 6.07) is 0. The fourth-order valence-electron chi connectivity index (χ4n) is 3.39. The van der Waals surface area contributed by atoms with Crippen molar-refractivity contribution in [2.75, 3.05) is 5.32 Å². The van der Waals surface area contributed by atoms with Gasteiger partial charge in [0.05, 0.1) is 4.47 Å². The van der Waals surface area contributed by atoms with Crippen molar-refractivity contribution in [1.82, 2.24) is 9.97 Å². The van der Waals surface area contributed by atoms with Gasteiger partial charge in [-0.25, -0.2) is 4.98 Å². The molecule has 0 aromatic carbocycles. The number of hydrogen-bond acceptors (Lipinski definition) is 3. The van der Waals surface area contributed by atoms with Gasteiger partial charge in [0.15, 0.2) is 0 Å². The Morgan fingerprint density at radius 2 is 2.40 bits per heavy atom. The van der Waals surface area contributed by atoms with Crippen LogP contribution in [0.5, 0.6) is 0 Å². The fraction of sp³-hybridized carbons (Fsp3) is 0.600. The second kappa shape index (κ2) is 2.33. The van der Waals surface area contributed by atoms with Crippen molar-refractivity contribution in [3.05, 3.63) is 16.0 Å². The van der Waals surface area contributed by atoms with Gasteiger partial charge < -0.3 is 5.32 Å². The highest BCUT2D eigenvalue weighted by atomic mass is 79.9. The van der Waals surface area contributed by atoms with Crippen molar-refractivity contribution >= 4 is 33.3 Å². The third kappa shape index (κ3) is 0.929. The smallest absolute Gasteiger partial charge is 0.224 e. The van der Waals surface area contributed by atoms with Gasteiger partial charge in [-0.3, -0.25) is 0 Å². The number of rotatable bonds is 2. The van der Waals surface area contributed by atoms with Crippen LogP contribution in [0, 0.1) is 11.3 Å². The molecule has 0 amide bonds. The quantitative estimate of drug-likeness (QED) is 0.850. The van der Waals surface area contributed by atoms with Gasteiger partial charge in [-0.1, -0.05) is 0 Å². The van der Waals surface area contributed by atoms with Gasteiger partial charge in [0.1, 0.15) is 5.82 Å². The molecule has 0 radical (unpaired) electrons. The first kappa shape index (κ1) is 8.76. The van der Waals surface area contributed by atoms with E-state index < -0.39 is 0 Å². The van der Waals surface area contributed by atoms with E-state index in [0.717, 1.165) is 16.2 Å². The Hall–Kier alpha value is -0.350. The number of nitrogens with zero attached hydrogens (tertiary/aromatic N) is 2. The minimum absolute atomic E-state index is 0.304. The van der Waals surface area contributed by atoms with Gasteiger partial charge in [-0.05, 0) is 58.1 Å². The monoisotopic (exact) mass is 285 g/mol. The van der Waals surface area contributed by atoms with Crippen molar-refractivity contribution in [2.24, 2.45) is 11.3 Å². The molecule has 1 spiro atoms. The van der Waals surface area contributed by atoms with Crippen molar-refractivity contribution in [3.63, 3.8) is 0 Å². The predicted molar refractivity (Wildman–Crippen MR) is 60.9 cm³/mol. The lowest BCUT2D eigenvalue weighted by molar-refractivity contribution is 0.412. The van der Waals surface area contributed by atoms with Gasteiger partial charge >= 0.3 is 0 Å². The van der Waals surface area contributed by atoms with Gasteiger partial charge in [-0.2, -0.15) is 4.98 Å². The molecule has 3 fully saturated rings. The topological polar surface area (TPSA) is 37.8 Å². The lowest BCUT2D eigenvalue weighted by Gasteiger charge is -2.27. The van der Waals surface area contributed by atoms with E-state index in [-0.39, 0.29) is 0 Å². The first-order valence-electron chi connectivity index (χ1n) is 5.12. The number of anilines is 1. The Bertz CT molecular complexity index is 476. The Labute approximate surface area is 101 Å². The third-order valence-corrected chi connectivity index (χ3v) is 5.11. The first-order chi connectivity index (χ1) is 7.15. The molecule has 4 rings (SSSR count). The number of nitrogens with one attached hydrogen (secondary N) is 1. The van der Waals surface area contributed by atoms with E-state index in [1.165, 1.54) is 19.3 Å². The molecular weight excluding hydrogens is 277 g/mol. The van der Waals surface area contributed by atoms with E-state index in [2.05, 4.69) is 31.2 Å². The maximum absolute atomic E-state index is 5.78. The van der Waals surface area contributed by atoms with E-state index in [1.54, 1.807) is 6.20 Å². The van der Waals surface area contributed by atoms with Crippen LogP contribution in [0.25, 0.3) is 0 Å². The Morgan fingerprint density at radius 1 is 1.53 bits per heavy atom. The van der Waals surface area contributed by atoms with Crippen LogP contribution in [0.2, 0.25) is 5.28 Å². The van der Waals surface area contributed by atoms with Crippen LogP contribution in [0.15, 0.2) is 10.7 Å². The SMILES string of the molecule is Clc1ncc(Br)c(NC23CC4CC42C3)n1. The summed E-state index contributed by atoms with van der Waals surface area (Å²) in [5.74, 6) is 1.85. The number of halogens is 2. The average molecular weight is 287 g/mol. The summed E-state index contributed by atoms with van der Waals surface area (Å²) in [5.41, 5.74) is 1.02. The van der Waals surface area contributed by atoms with Crippen molar-refractivity contribution < 1.29 is 0 Å². The van der Waals surface area contributed by atoms with Crippen molar-refractivity contribution in [3.8, 4) is 0 Å². The van der Waals surface area contributed by atoms with Gasteiger partial charge in [0, 0.05) is 11.7 Å². The molecular formula is C10H9BrClN3. The molecule has 1 aromatic heterocycles. The second-order valence-electron chi connectivity index (χ2n) is 4.98. The minimum atomic E-state index is 0.304. The number of hydrogen-bond donors (Lipinski definition) is 1. The Balaban J connectivity index is 1.65. The summed E-state index contributed by atoms with van der Waals surface area (Å²) in [4.78, 5) is 8.13. The lowest BCUT2D eigenvalue weighted by Crippen LogP contribution is -2.33. The van der Waals surface area contributed by atoms with Crippen LogP contribution < -0.4 is 5.32 Å². The summed E-state index contributed by atoms with van der Waals surface area (Å²) in [7, 11) is 0. The standard InChI is InChI=1S/C10H9BrClN3/c11-6-3-13-8(12)14-7(6)15-10-2-5-1-9(5,10)4-10/h3,5H,1-2,4H2,(H,13,14,15). The zero-order valence-electron chi connectivity index (χ0n) is 7.93. The highest BCUT2D eigenvalue weighted by Gasteiger charge is 2.89.